The number of halogens is 1. The summed E-state index contributed by atoms with van der Waals surface area (Å²) in [5.74, 6) is -0.898. The van der Waals surface area contributed by atoms with Gasteiger partial charge in [0.1, 0.15) is 5.75 Å². The topological polar surface area (TPSA) is 75.6 Å². The normalized spacial score (nSPS) is 10.2. The number of hydrogen-bond acceptors (Lipinski definition) is 3. The smallest absolute Gasteiger partial charge is 0.337 e. The van der Waals surface area contributed by atoms with Crippen LogP contribution in [0.5, 0.6) is 5.75 Å². The third kappa shape index (κ3) is 4.47. The second-order valence-corrected chi connectivity index (χ2v) is 5.51. The number of ether oxygens (including phenoxy) is 1. The summed E-state index contributed by atoms with van der Waals surface area (Å²) in [4.78, 5) is 22.9. The maximum Gasteiger partial charge on any atom is 0.337 e. The molecular formula is C17H16ClNO4. The fourth-order valence-corrected chi connectivity index (χ4v) is 2.17. The van der Waals surface area contributed by atoms with Crippen molar-refractivity contribution in [1.29, 1.82) is 0 Å². The van der Waals surface area contributed by atoms with E-state index in [0.717, 1.165) is 11.1 Å². The van der Waals surface area contributed by atoms with E-state index in [-0.39, 0.29) is 23.1 Å². The van der Waals surface area contributed by atoms with Crippen LogP contribution < -0.4 is 10.1 Å². The maximum absolute atomic E-state index is 11.9. The van der Waals surface area contributed by atoms with Crippen LogP contribution in [-0.4, -0.2) is 23.6 Å². The molecule has 23 heavy (non-hydrogen) atoms. The van der Waals surface area contributed by atoms with Crippen molar-refractivity contribution in [3.63, 3.8) is 0 Å². The Balaban J connectivity index is 2.01. The Bertz CT molecular complexity index is 758. The number of carboxylic acids is 1. The first kappa shape index (κ1) is 16.8. The number of benzene rings is 2. The Labute approximate surface area is 138 Å². The lowest BCUT2D eigenvalue weighted by molar-refractivity contribution is -0.118. The first-order valence-electron chi connectivity index (χ1n) is 6.89. The molecule has 120 valence electrons. The highest BCUT2D eigenvalue weighted by Gasteiger charge is 2.11. The minimum Gasteiger partial charge on any atom is -0.483 e. The zero-order chi connectivity index (χ0) is 17.0. The van der Waals surface area contributed by atoms with E-state index in [4.69, 9.17) is 21.4 Å². The van der Waals surface area contributed by atoms with Crippen molar-refractivity contribution >= 4 is 29.2 Å². The number of rotatable bonds is 5. The lowest BCUT2D eigenvalue weighted by Gasteiger charge is -2.11. The fraction of sp³-hybridized carbons (Fsp3) is 0.176. The standard InChI is InChI=1S/C17H16ClNO4/c1-10-3-4-11(2)15(7-10)23-9-16(20)19-12-5-6-14(18)13(8-12)17(21)22/h3-8H,9H2,1-2H3,(H,19,20)(H,21,22). The number of anilines is 1. The lowest BCUT2D eigenvalue weighted by atomic mass is 10.1. The van der Waals surface area contributed by atoms with Gasteiger partial charge >= 0.3 is 5.97 Å². The minimum absolute atomic E-state index is 0.0695. The molecule has 2 rings (SSSR count). The summed E-state index contributed by atoms with van der Waals surface area (Å²) >= 11 is 5.78. The Hall–Kier alpha value is -2.53. The summed E-state index contributed by atoms with van der Waals surface area (Å²) in [6, 6.07) is 10.00. The van der Waals surface area contributed by atoms with Crippen LogP contribution >= 0.6 is 11.6 Å². The van der Waals surface area contributed by atoms with Crippen molar-refractivity contribution in [3.05, 3.63) is 58.1 Å². The quantitative estimate of drug-likeness (QED) is 0.875. The largest absolute Gasteiger partial charge is 0.483 e. The molecule has 0 aliphatic rings. The van der Waals surface area contributed by atoms with Crippen LogP contribution in [0.2, 0.25) is 5.02 Å². The molecule has 0 fully saturated rings. The minimum atomic E-state index is -1.15. The second-order valence-electron chi connectivity index (χ2n) is 5.11. The van der Waals surface area contributed by atoms with Gasteiger partial charge in [0.05, 0.1) is 10.6 Å². The molecule has 0 heterocycles. The molecule has 0 aromatic heterocycles. The van der Waals surface area contributed by atoms with Gasteiger partial charge in [-0.1, -0.05) is 23.7 Å². The van der Waals surface area contributed by atoms with E-state index in [2.05, 4.69) is 5.32 Å². The van der Waals surface area contributed by atoms with Gasteiger partial charge in [-0.3, -0.25) is 4.79 Å². The van der Waals surface area contributed by atoms with E-state index in [0.29, 0.717) is 11.4 Å². The molecule has 6 heteroatoms. The van der Waals surface area contributed by atoms with Crippen molar-refractivity contribution in [2.24, 2.45) is 0 Å². The Kier molecular flexibility index (Phi) is 5.24. The van der Waals surface area contributed by atoms with Crippen LogP contribution in [0.3, 0.4) is 0 Å². The highest BCUT2D eigenvalue weighted by atomic mass is 35.5. The van der Waals surface area contributed by atoms with Gasteiger partial charge < -0.3 is 15.2 Å². The predicted octanol–water partition coefficient (Wildman–Crippen LogP) is 3.67. The molecule has 0 radical (unpaired) electrons. The van der Waals surface area contributed by atoms with E-state index in [1.165, 1.54) is 18.2 Å². The van der Waals surface area contributed by atoms with Gasteiger partial charge in [-0.05, 0) is 49.2 Å². The van der Waals surface area contributed by atoms with E-state index in [1.807, 2.05) is 32.0 Å². The van der Waals surface area contributed by atoms with Crippen LogP contribution in [0.4, 0.5) is 5.69 Å². The molecule has 2 aromatic rings. The number of hydrogen-bond donors (Lipinski definition) is 2. The highest BCUT2D eigenvalue weighted by Crippen LogP contribution is 2.21. The molecule has 0 spiro atoms. The molecule has 0 aliphatic heterocycles. The number of nitrogens with one attached hydrogen (secondary N) is 1. The number of carboxylic acid groups (broad SMARTS) is 1. The fourth-order valence-electron chi connectivity index (χ4n) is 1.97. The Morgan fingerprint density at radius 3 is 2.61 bits per heavy atom. The molecule has 5 nitrogen and oxygen atoms in total. The molecule has 0 atom stereocenters. The van der Waals surface area contributed by atoms with E-state index >= 15 is 0 Å². The Morgan fingerprint density at radius 2 is 1.91 bits per heavy atom. The van der Waals surface area contributed by atoms with Crippen LogP contribution in [0.1, 0.15) is 21.5 Å². The lowest BCUT2D eigenvalue weighted by Crippen LogP contribution is -2.20. The highest BCUT2D eigenvalue weighted by molar-refractivity contribution is 6.33. The van der Waals surface area contributed by atoms with Gasteiger partial charge in [0.25, 0.3) is 5.91 Å². The van der Waals surface area contributed by atoms with Crippen molar-refractivity contribution in [2.75, 3.05) is 11.9 Å². The molecule has 0 unspecified atom stereocenters. The summed E-state index contributed by atoms with van der Waals surface area (Å²) < 4.78 is 5.50. The summed E-state index contributed by atoms with van der Waals surface area (Å²) in [5, 5.41) is 11.7. The Morgan fingerprint density at radius 1 is 1.17 bits per heavy atom. The van der Waals surface area contributed by atoms with Crippen LogP contribution in [0.15, 0.2) is 36.4 Å². The third-order valence-electron chi connectivity index (χ3n) is 3.18. The molecule has 0 bridgehead atoms. The molecule has 0 aliphatic carbocycles. The van der Waals surface area contributed by atoms with Gasteiger partial charge in [-0.2, -0.15) is 0 Å². The summed E-state index contributed by atoms with van der Waals surface area (Å²) in [6.45, 7) is 3.66. The molecular weight excluding hydrogens is 318 g/mol. The van der Waals surface area contributed by atoms with Crippen LogP contribution in [0.25, 0.3) is 0 Å². The predicted molar refractivity (Wildman–Crippen MR) is 88.5 cm³/mol. The van der Waals surface area contributed by atoms with Crippen molar-refractivity contribution in [1.82, 2.24) is 0 Å². The van der Waals surface area contributed by atoms with E-state index in [1.54, 1.807) is 0 Å². The number of carbonyl (C=O) groups is 2. The first-order chi connectivity index (χ1) is 10.9. The van der Waals surface area contributed by atoms with Gasteiger partial charge in [0.15, 0.2) is 6.61 Å². The maximum atomic E-state index is 11.9. The van der Waals surface area contributed by atoms with Crippen molar-refractivity contribution < 1.29 is 19.4 Å². The molecule has 1 amide bonds. The zero-order valence-corrected chi connectivity index (χ0v) is 13.5. The van der Waals surface area contributed by atoms with Gasteiger partial charge in [-0.25, -0.2) is 4.79 Å². The molecule has 0 saturated heterocycles. The summed E-state index contributed by atoms with van der Waals surface area (Å²) in [7, 11) is 0. The van der Waals surface area contributed by atoms with E-state index in [9.17, 15) is 9.59 Å². The number of amides is 1. The monoisotopic (exact) mass is 333 g/mol. The number of aromatic carboxylic acids is 1. The summed E-state index contributed by atoms with van der Waals surface area (Å²) in [6.07, 6.45) is 0. The van der Waals surface area contributed by atoms with Gasteiger partial charge in [0, 0.05) is 5.69 Å². The van der Waals surface area contributed by atoms with E-state index < -0.39 is 5.97 Å². The molecule has 2 N–H and O–H groups in total. The van der Waals surface area contributed by atoms with Gasteiger partial charge in [0.2, 0.25) is 0 Å². The summed E-state index contributed by atoms with van der Waals surface area (Å²) in [5.41, 5.74) is 2.25. The zero-order valence-electron chi connectivity index (χ0n) is 12.7. The average Bonchev–Trinajstić information content (AvgIpc) is 2.50. The molecule has 0 saturated carbocycles. The van der Waals surface area contributed by atoms with Gasteiger partial charge in [-0.15, -0.1) is 0 Å². The number of aryl methyl sites for hydroxylation is 2. The third-order valence-corrected chi connectivity index (χ3v) is 3.51. The average molecular weight is 334 g/mol. The van der Waals surface area contributed by atoms with Crippen LogP contribution in [0, 0.1) is 13.8 Å². The number of carbonyl (C=O) groups excluding carboxylic acids is 1. The SMILES string of the molecule is Cc1ccc(C)c(OCC(=O)Nc2ccc(Cl)c(C(=O)O)c2)c1. The molecule has 2 aromatic carbocycles. The van der Waals surface area contributed by atoms with Crippen molar-refractivity contribution in [2.45, 2.75) is 13.8 Å². The second kappa shape index (κ2) is 7.15. The van der Waals surface area contributed by atoms with Crippen molar-refractivity contribution in [3.8, 4) is 5.75 Å². The van der Waals surface area contributed by atoms with Crippen LogP contribution in [-0.2, 0) is 4.79 Å². The first-order valence-corrected chi connectivity index (χ1v) is 7.27.